The number of ether oxygens (including phenoxy) is 1. The maximum Gasteiger partial charge on any atom is 0.411 e. The average molecular weight is 457 g/mol. The lowest BCUT2D eigenvalue weighted by molar-refractivity contribution is -0.121. The van der Waals surface area contributed by atoms with Crippen molar-refractivity contribution in [3.05, 3.63) is 90.0 Å². The summed E-state index contributed by atoms with van der Waals surface area (Å²) in [5.74, 6) is -0.265. The average Bonchev–Trinajstić information content (AvgIpc) is 2.82. The van der Waals surface area contributed by atoms with E-state index in [1.807, 2.05) is 75.4 Å². The monoisotopic (exact) mass is 456 g/mol. The zero-order valence-corrected chi connectivity index (χ0v) is 19.6. The zero-order chi connectivity index (χ0) is 24.1. The predicted molar refractivity (Wildman–Crippen MR) is 131 cm³/mol. The van der Waals surface area contributed by atoms with Gasteiger partial charge in [-0.05, 0) is 68.3 Å². The van der Waals surface area contributed by atoms with Crippen molar-refractivity contribution >= 4 is 29.1 Å². The van der Waals surface area contributed by atoms with Gasteiger partial charge >= 0.3 is 6.09 Å². The number of nitrogens with one attached hydrogen (secondary N) is 1. The number of hydrogen-bond acceptors (Lipinski definition) is 5. The van der Waals surface area contributed by atoms with Crippen molar-refractivity contribution in [2.45, 2.75) is 45.4 Å². The van der Waals surface area contributed by atoms with E-state index in [1.165, 1.54) is 4.90 Å². The second-order valence-corrected chi connectivity index (χ2v) is 9.17. The second kappa shape index (κ2) is 9.87. The Labute approximate surface area is 199 Å². The first kappa shape index (κ1) is 23.2. The number of nitrogens with zero attached hydrogens (tertiary/aromatic N) is 3. The van der Waals surface area contributed by atoms with Gasteiger partial charge in [0.1, 0.15) is 11.6 Å². The van der Waals surface area contributed by atoms with Crippen molar-refractivity contribution in [3.8, 4) is 0 Å². The summed E-state index contributed by atoms with van der Waals surface area (Å²) >= 11 is 0. The van der Waals surface area contributed by atoms with Crippen molar-refractivity contribution < 1.29 is 14.3 Å². The molecule has 0 saturated carbocycles. The number of hydrogen-bond donors (Lipinski definition) is 1. The zero-order valence-electron chi connectivity index (χ0n) is 19.6. The fraction of sp³-hybridized carbons (Fsp3) is 0.259. The summed E-state index contributed by atoms with van der Waals surface area (Å²) in [7, 11) is 0. The minimum Gasteiger partial charge on any atom is -0.444 e. The molecule has 1 atom stereocenters. The van der Waals surface area contributed by atoms with Gasteiger partial charge in [0.15, 0.2) is 0 Å². The van der Waals surface area contributed by atoms with Gasteiger partial charge in [0, 0.05) is 12.1 Å². The smallest absolute Gasteiger partial charge is 0.411 e. The molecular weight excluding hydrogens is 428 g/mol. The maximum absolute atomic E-state index is 13.3. The highest BCUT2D eigenvalue weighted by Crippen LogP contribution is 2.27. The van der Waals surface area contributed by atoms with Crippen LogP contribution in [0.4, 0.5) is 21.9 Å². The highest BCUT2D eigenvalue weighted by atomic mass is 16.6. The van der Waals surface area contributed by atoms with Gasteiger partial charge in [-0.15, -0.1) is 0 Å². The molecule has 0 saturated heterocycles. The molecule has 7 nitrogen and oxygen atoms in total. The van der Waals surface area contributed by atoms with Crippen molar-refractivity contribution in [3.63, 3.8) is 0 Å². The van der Waals surface area contributed by atoms with Crippen LogP contribution >= 0.6 is 0 Å². The molecule has 1 aliphatic heterocycles. The number of fused-ring (bicyclic) bond motifs is 1. The summed E-state index contributed by atoms with van der Waals surface area (Å²) in [4.78, 5) is 27.7. The Kier molecular flexibility index (Phi) is 6.72. The van der Waals surface area contributed by atoms with Crippen molar-refractivity contribution in [2.24, 2.45) is 10.2 Å². The molecule has 0 aliphatic carbocycles. The molecule has 0 spiro atoms. The molecule has 4 rings (SSSR count). The van der Waals surface area contributed by atoms with Crippen LogP contribution in [0, 0.1) is 0 Å². The molecular formula is C27H28N4O3. The van der Waals surface area contributed by atoms with E-state index >= 15 is 0 Å². The van der Waals surface area contributed by atoms with Gasteiger partial charge in [-0.2, -0.15) is 10.2 Å². The van der Waals surface area contributed by atoms with E-state index in [1.54, 1.807) is 24.3 Å². The Bertz CT molecular complexity index is 1180. The van der Waals surface area contributed by atoms with E-state index in [2.05, 4.69) is 15.5 Å². The molecule has 1 aliphatic rings. The van der Waals surface area contributed by atoms with Gasteiger partial charge in [-0.1, -0.05) is 42.5 Å². The van der Waals surface area contributed by atoms with Gasteiger partial charge < -0.3 is 10.1 Å². The standard InChI is InChI=1S/C27H28N4O3/c1-27(2,3)34-26(33)31-18-20-10-8-7-9-19(20)17-24(31)25(32)28-21-13-15-23(16-14-21)30-29-22-11-5-4-6-12-22/h4-16,24H,17-18H2,1-3H3,(H,28,32)/t24-/m1/s1. The Balaban J connectivity index is 1.48. The van der Waals surface area contributed by atoms with Crippen LogP contribution in [-0.2, 0) is 22.5 Å². The molecule has 1 heterocycles. The van der Waals surface area contributed by atoms with Crippen LogP contribution in [0.15, 0.2) is 89.1 Å². The normalized spacial score (nSPS) is 15.6. The minimum absolute atomic E-state index is 0.265. The molecule has 3 aromatic rings. The van der Waals surface area contributed by atoms with E-state index in [9.17, 15) is 9.59 Å². The fourth-order valence-corrected chi connectivity index (χ4v) is 3.72. The Morgan fingerprint density at radius 3 is 2.09 bits per heavy atom. The maximum atomic E-state index is 13.3. The molecule has 3 aromatic carbocycles. The molecule has 1 N–H and O–H groups in total. The van der Waals surface area contributed by atoms with E-state index in [-0.39, 0.29) is 5.91 Å². The highest BCUT2D eigenvalue weighted by Gasteiger charge is 2.37. The van der Waals surface area contributed by atoms with Crippen molar-refractivity contribution in [2.75, 3.05) is 5.32 Å². The number of carbonyl (C=O) groups is 2. The minimum atomic E-state index is -0.679. The topological polar surface area (TPSA) is 83.4 Å². The van der Waals surface area contributed by atoms with Gasteiger partial charge in [-0.25, -0.2) is 4.79 Å². The summed E-state index contributed by atoms with van der Waals surface area (Å²) in [6.07, 6.45) is -0.0798. The van der Waals surface area contributed by atoms with E-state index in [0.717, 1.165) is 16.8 Å². The summed E-state index contributed by atoms with van der Waals surface area (Å²) in [6, 6.07) is 23.7. The fourth-order valence-electron chi connectivity index (χ4n) is 3.72. The third-order valence-electron chi connectivity index (χ3n) is 5.35. The molecule has 174 valence electrons. The van der Waals surface area contributed by atoms with Gasteiger partial charge in [0.25, 0.3) is 0 Å². The van der Waals surface area contributed by atoms with Gasteiger partial charge in [0.2, 0.25) is 5.91 Å². The quantitative estimate of drug-likeness (QED) is 0.461. The first-order valence-electron chi connectivity index (χ1n) is 11.2. The molecule has 0 aromatic heterocycles. The molecule has 34 heavy (non-hydrogen) atoms. The molecule has 0 unspecified atom stereocenters. The number of carbonyl (C=O) groups excluding carboxylic acids is 2. The summed E-state index contributed by atoms with van der Waals surface area (Å²) in [5, 5.41) is 11.4. The van der Waals surface area contributed by atoms with Crippen LogP contribution in [0.3, 0.4) is 0 Å². The largest absolute Gasteiger partial charge is 0.444 e. The van der Waals surface area contributed by atoms with Crippen LogP contribution in [0.1, 0.15) is 31.9 Å². The molecule has 7 heteroatoms. The van der Waals surface area contributed by atoms with Crippen LogP contribution in [0.25, 0.3) is 0 Å². The SMILES string of the molecule is CC(C)(C)OC(=O)N1Cc2ccccc2C[C@@H]1C(=O)Nc1ccc(N=Nc2ccccc2)cc1. The molecule has 0 radical (unpaired) electrons. The number of azo groups is 1. The Morgan fingerprint density at radius 2 is 1.44 bits per heavy atom. The third kappa shape index (κ3) is 5.86. The third-order valence-corrected chi connectivity index (χ3v) is 5.35. The van der Waals surface area contributed by atoms with Crippen molar-refractivity contribution in [1.82, 2.24) is 4.90 Å². The van der Waals surface area contributed by atoms with Crippen molar-refractivity contribution in [1.29, 1.82) is 0 Å². The van der Waals surface area contributed by atoms with Crippen LogP contribution in [-0.4, -0.2) is 28.5 Å². The van der Waals surface area contributed by atoms with Crippen LogP contribution in [0.2, 0.25) is 0 Å². The van der Waals surface area contributed by atoms with E-state index < -0.39 is 17.7 Å². The first-order chi connectivity index (χ1) is 16.3. The number of anilines is 1. The Morgan fingerprint density at radius 1 is 0.853 bits per heavy atom. The van der Waals surface area contributed by atoms with Crippen LogP contribution < -0.4 is 5.32 Å². The highest BCUT2D eigenvalue weighted by molar-refractivity contribution is 5.97. The van der Waals surface area contributed by atoms with Crippen LogP contribution in [0.5, 0.6) is 0 Å². The number of amides is 2. The molecule has 2 amide bonds. The van der Waals surface area contributed by atoms with E-state index in [4.69, 9.17) is 4.74 Å². The summed E-state index contributed by atoms with van der Waals surface area (Å²) < 4.78 is 5.59. The lowest BCUT2D eigenvalue weighted by Crippen LogP contribution is -2.52. The number of rotatable bonds is 4. The lowest BCUT2D eigenvalue weighted by atomic mass is 9.93. The predicted octanol–water partition coefficient (Wildman–Crippen LogP) is 6.40. The summed E-state index contributed by atoms with van der Waals surface area (Å²) in [5.41, 5.74) is 3.47. The Hall–Kier alpha value is -4.00. The van der Waals surface area contributed by atoms with Gasteiger partial charge in [-0.3, -0.25) is 9.69 Å². The number of benzene rings is 3. The van der Waals surface area contributed by atoms with E-state index in [0.29, 0.717) is 24.3 Å². The van der Waals surface area contributed by atoms with Gasteiger partial charge in [0.05, 0.1) is 17.9 Å². The lowest BCUT2D eigenvalue weighted by Gasteiger charge is -2.36. The second-order valence-electron chi connectivity index (χ2n) is 9.17. The molecule has 0 fully saturated rings. The first-order valence-corrected chi connectivity index (χ1v) is 11.2. The summed E-state index contributed by atoms with van der Waals surface area (Å²) in [6.45, 7) is 5.76. The molecule has 0 bridgehead atoms.